The Morgan fingerprint density at radius 3 is 2.60 bits per heavy atom. The molecular formula is C21H16ClF3N6O4. The Balaban J connectivity index is 1.49. The SMILES string of the molecule is O=C(O)N1CCC(c2cc(=O)[nH]c3c(-c4nc(-c5ccc(C(F)(F)F)cc5Cl)no4)cnn23)CC1. The molecule has 5 rings (SSSR count). The van der Waals surface area contributed by atoms with Crippen molar-refractivity contribution in [3.05, 3.63) is 57.1 Å². The summed E-state index contributed by atoms with van der Waals surface area (Å²) in [5, 5.41) is 17.1. The zero-order valence-corrected chi connectivity index (χ0v) is 18.5. The summed E-state index contributed by atoms with van der Waals surface area (Å²) in [7, 11) is 0. The van der Waals surface area contributed by atoms with Crippen LogP contribution in [0.4, 0.5) is 18.0 Å². The second-order valence-corrected chi connectivity index (χ2v) is 8.44. The molecule has 182 valence electrons. The third kappa shape index (κ3) is 4.22. The summed E-state index contributed by atoms with van der Waals surface area (Å²) in [5.74, 6) is -0.135. The molecule has 0 saturated carbocycles. The molecule has 2 N–H and O–H groups in total. The molecule has 0 atom stereocenters. The third-order valence-corrected chi connectivity index (χ3v) is 6.22. The number of H-pyrrole nitrogens is 1. The van der Waals surface area contributed by atoms with E-state index in [0.29, 0.717) is 42.8 Å². The van der Waals surface area contributed by atoms with Crippen LogP contribution in [0.15, 0.2) is 39.8 Å². The van der Waals surface area contributed by atoms with Crippen LogP contribution in [0, 0.1) is 0 Å². The van der Waals surface area contributed by atoms with Crippen LogP contribution in [0.5, 0.6) is 0 Å². The Hall–Kier alpha value is -3.87. The van der Waals surface area contributed by atoms with Crippen molar-refractivity contribution in [1.29, 1.82) is 0 Å². The fraction of sp³-hybridized carbons (Fsp3) is 0.286. The number of fused-ring (bicyclic) bond motifs is 1. The lowest BCUT2D eigenvalue weighted by Gasteiger charge is -2.30. The Labute approximate surface area is 198 Å². The number of nitrogens with one attached hydrogen (secondary N) is 1. The fourth-order valence-corrected chi connectivity index (χ4v) is 4.41. The maximum absolute atomic E-state index is 12.9. The van der Waals surface area contributed by atoms with Crippen LogP contribution >= 0.6 is 11.6 Å². The van der Waals surface area contributed by atoms with Crippen molar-refractivity contribution in [3.63, 3.8) is 0 Å². The van der Waals surface area contributed by atoms with E-state index in [0.717, 1.165) is 18.2 Å². The van der Waals surface area contributed by atoms with Gasteiger partial charge in [0.1, 0.15) is 11.2 Å². The molecule has 1 aromatic carbocycles. The molecule has 4 heterocycles. The number of carboxylic acid groups (broad SMARTS) is 1. The Kier molecular flexibility index (Phi) is 5.50. The van der Waals surface area contributed by atoms with Gasteiger partial charge < -0.3 is 19.5 Å². The molecule has 1 aliphatic rings. The first kappa shape index (κ1) is 22.9. The second kappa shape index (κ2) is 8.41. The quantitative estimate of drug-likeness (QED) is 0.422. The Morgan fingerprint density at radius 2 is 1.94 bits per heavy atom. The number of carbonyl (C=O) groups is 1. The standard InChI is InChI=1S/C21H16ClF3N6O4/c22-14-7-11(21(23,24)25)1-2-12(14)17-28-19(35-29-17)13-9-26-31-15(8-16(32)27-18(13)31)10-3-5-30(6-4-10)20(33)34/h1-2,7-10H,3-6H2,(H,27,32)(H,33,34). The molecule has 1 fully saturated rings. The Morgan fingerprint density at radius 1 is 1.20 bits per heavy atom. The van der Waals surface area contributed by atoms with Gasteiger partial charge in [0, 0.05) is 30.6 Å². The number of amides is 1. The van der Waals surface area contributed by atoms with E-state index in [9.17, 15) is 22.8 Å². The summed E-state index contributed by atoms with van der Waals surface area (Å²) in [6, 6.07) is 4.22. The molecule has 35 heavy (non-hydrogen) atoms. The molecule has 1 aliphatic heterocycles. The van der Waals surface area contributed by atoms with E-state index in [2.05, 4.69) is 20.2 Å². The first-order chi connectivity index (χ1) is 16.6. The maximum Gasteiger partial charge on any atom is 0.416 e. The van der Waals surface area contributed by atoms with E-state index >= 15 is 0 Å². The lowest BCUT2D eigenvalue weighted by atomic mass is 9.93. The van der Waals surface area contributed by atoms with Crippen molar-refractivity contribution in [2.24, 2.45) is 0 Å². The average molecular weight is 509 g/mol. The van der Waals surface area contributed by atoms with Crippen LogP contribution < -0.4 is 5.56 Å². The van der Waals surface area contributed by atoms with Gasteiger partial charge in [-0.25, -0.2) is 9.31 Å². The van der Waals surface area contributed by atoms with Crippen molar-refractivity contribution in [3.8, 4) is 22.8 Å². The summed E-state index contributed by atoms with van der Waals surface area (Å²) >= 11 is 6.03. The zero-order chi connectivity index (χ0) is 24.9. The normalized spacial score (nSPS) is 15.1. The van der Waals surface area contributed by atoms with Gasteiger partial charge in [0.25, 0.3) is 11.4 Å². The molecule has 1 saturated heterocycles. The topological polar surface area (TPSA) is 130 Å². The molecule has 14 heteroatoms. The first-order valence-corrected chi connectivity index (χ1v) is 10.8. The first-order valence-electron chi connectivity index (χ1n) is 10.4. The highest BCUT2D eigenvalue weighted by Gasteiger charge is 2.31. The van der Waals surface area contributed by atoms with Gasteiger partial charge in [-0.1, -0.05) is 16.8 Å². The number of aromatic amines is 1. The average Bonchev–Trinajstić information content (AvgIpc) is 3.45. The van der Waals surface area contributed by atoms with Gasteiger partial charge in [0.05, 0.1) is 22.5 Å². The van der Waals surface area contributed by atoms with Gasteiger partial charge in [-0.2, -0.15) is 23.3 Å². The number of hydrogen-bond acceptors (Lipinski definition) is 6. The summed E-state index contributed by atoms with van der Waals surface area (Å²) < 4.78 is 45.6. The number of alkyl halides is 3. The third-order valence-electron chi connectivity index (χ3n) is 5.91. The molecule has 4 aromatic rings. The predicted molar refractivity (Wildman–Crippen MR) is 116 cm³/mol. The number of likely N-dealkylation sites (tertiary alicyclic amines) is 1. The van der Waals surface area contributed by atoms with Crippen molar-refractivity contribution in [2.75, 3.05) is 13.1 Å². The fourth-order valence-electron chi connectivity index (χ4n) is 4.14. The van der Waals surface area contributed by atoms with Crippen LogP contribution in [-0.4, -0.2) is 53.9 Å². The number of rotatable bonds is 3. The van der Waals surface area contributed by atoms with E-state index in [1.807, 2.05) is 0 Å². The van der Waals surface area contributed by atoms with Gasteiger partial charge in [-0.3, -0.25) is 4.79 Å². The predicted octanol–water partition coefficient (Wildman–Crippen LogP) is 4.27. The van der Waals surface area contributed by atoms with E-state index in [4.69, 9.17) is 21.2 Å². The molecular weight excluding hydrogens is 493 g/mol. The highest BCUT2D eigenvalue weighted by atomic mass is 35.5. The minimum absolute atomic E-state index is 0.0144. The maximum atomic E-state index is 12.9. The van der Waals surface area contributed by atoms with Crippen LogP contribution in [0.25, 0.3) is 28.5 Å². The summed E-state index contributed by atoms with van der Waals surface area (Å²) in [4.78, 5) is 31.8. The van der Waals surface area contributed by atoms with Gasteiger partial charge >= 0.3 is 12.3 Å². The van der Waals surface area contributed by atoms with Crippen LogP contribution in [0.2, 0.25) is 5.02 Å². The van der Waals surface area contributed by atoms with Crippen LogP contribution in [0.1, 0.15) is 30.0 Å². The summed E-state index contributed by atoms with van der Waals surface area (Å²) in [6.45, 7) is 0.673. The van der Waals surface area contributed by atoms with Gasteiger partial charge in [0.15, 0.2) is 0 Å². The van der Waals surface area contributed by atoms with Gasteiger partial charge in [-0.15, -0.1) is 0 Å². The lowest BCUT2D eigenvalue weighted by molar-refractivity contribution is -0.137. The second-order valence-electron chi connectivity index (χ2n) is 8.04. The van der Waals surface area contributed by atoms with E-state index in [1.165, 1.54) is 21.7 Å². The molecule has 0 spiro atoms. The number of piperidine rings is 1. The van der Waals surface area contributed by atoms with Crippen molar-refractivity contribution in [1.82, 2.24) is 29.6 Å². The number of benzene rings is 1. The van der Waals surface area contributed by atoms with E-state index in [-0.39, 0.29) is 33.8 Å². The van der Waals surface area contributed by atoms with Crippen molar-refractivity contribution >= 4 is 23.3 Å². The minimum atomic E-state index is -4.55. The highest BCUT2D eigenvalue weighted by Crippen LogP contribution is 2.36. The lowest BCUT2D eigenvalue weighted by Crippen LogP contribution is -2.37. The van der Waals surface area contributed by atoms with E-state index < -0.39 is 17.8 Å². The number of halogens is 4. The van der Waals surface area contributed by atoms with Crippen molar-refractivity contribution in [2.45, 2.75) is 24.9 Å². The minimum Gasteiger partial charge on any atom is -0.465 e. The molecule has 0 bridgehead atoms. The molecule has 0 aliphatic carbocycles. The van der Waals surface area contributed by atoms with Crippen LogP contribution in [0.3, 0.4) is 0 Å². The molecule has 3 aromatic heterocycles. The smallest absolute Gasteiger partial charge is 0.416 e. The molecule has 1 amide bonds. The molecule has 0 unspecified atom stereocenters. The summed E-state index contributed by atoms with van der Waals surface area (Å²) in [5.41, 5.74) is 0.0731. The number of nitrogens with zero attached hydrogens (tertiary/aromatic N) is 5. The van der Waals surface area contributed by atoms with Gasteiger partial charge in [0.2, 0.25) is 5.82 Å². The number of hydrogen-bond donors (Lipinski definition) is 2. The summed E-state index contributed by atoms with van der Waals surface area (Å²) in [6.07, 6.45) is -3.06. The molecule has 0 radical (unpaired) electrons. The largest absolute Gasteiger partial charge is 0.465 e. The van der Waals surface area contributed by atoms with Crippen LogP contribution in [-0.2, 0) is 6.18 Å². The monoisotopic (exact) mass is 508 g/mol. The van der Waals surface area contributed by atoms with Gasteiger partial charge in [-0.05, 0) is 31.0 Å². The number of aromatic nitrogens is 5. The highest BCUT2D eigenvalue weighted by molar-refractivity contribution is 6.33. The molecule has 10 nitrogen and oxygen atoms in total. The van der Waals surface area contributed by atoms with Crippen molar-refractivity contribution < 1.29 is 27.6 Å². The zero-order valence-electron chi connectivity index (χ0n) is 17.7. The van der Waals surface area contributed by atoms with E-state index in [1.54, 1.807) is 0 Å². The Bertz CT molecular complexity index is 1490.